The second-order valence-electron chi connectivity index (χ2n) is 6.09. The molecule has 1 saturated carbocycles. The Morgan fingerprint density at radius 2 is 2.24 bits per heavy atom. The molecule has 1 N–H and O–H groups in total. The van der Waals surface area contributed by atoms with Gasteiger partial charge in [0.25, 0.3) is 0 Å². The highest BCUT2D eigenvalue weighted by atomic mass is 32.1. The van der Waals surface area contributed by atoms with E-state index in [1.807, 2.05) is 23.7 Å². The van der Waals surface area contributed by atoms with Gasteiger partial charge in [-0.25, -0.2) is 4.98 Å². The van der Waals surface area contributed by atoms with E-state index in [0.29, 0.717) is 0 Å². The minimum absolute atomic E-state index is 0.230. The smallest absolute Gasteiger partial charge is 0.131 e. The Bertz CT molecular complexity index is 526. The van der Waals surface area contributed by atoms with Gasteiger partial charge < -0.3 is 9.88 Å². The molecular weight excluding hydrogens is 278 g/mol. The van der Waals surface area contributed by atoms with Crippen LogP contribution in [-0.4, -0.2) is 16.1 Å². The molecular formula is C17H25N3S. The van der Waals surface area contributed by atoms with Crippen LogP contribution in [0.3, 0.4) is 0 Å². The van der Waals surface area contributed by atoms with Gasteiger partial charge in [-0.3, -0.25) is 0 Å². The van der Waals surface area contributed by atoms with Gasteiger partial charge in [-0.05, 0) is 30.3 Å². The Morgan fingerprint density at radius 1 is 1.38 bits per heavy atom. The molecule has 3 nitrogen and oxygen atoms in total. The second-order valence-corrected chi connectivity index (χ2v) is 7.07. The van der Waals surface area contributed by atoms with E-state index in [0.717, 1.165) is 18.3 Å². The summed E-state index contributed by atoms with van der Waals surface area (Å²) in [5.41, 5.74) is 0. The van der Waals surface area contributed by atoms with E-state index < -0.39 is 0 Å². The lowest BCUT2D eigenvalue weighted by atomic mass is 9.87. The lowest BCUT2D eigenvalue weighted by Crippen LogP contribution is -2.27. The number of imidazole rings is 1. The molecule has 1 aliphatic rings. The molecule has 0 aromatic carbocycles. The molecule has 114 valence electrons. The molecule has 1 aliphatic carbocycles. The molecule has 2 heterocycles. The maximum absolute atomic E-state index is 4.54. The standard InChI is InChI=1S/C17H25N3S/c1-20-12-11-19-17(20)16(15-8-5-13-21-15)18-10-9-14-6-3-2-4-7-14/h5,8,11-14,16,18H,2-4,6-7,9-10H2,1H3. The predicted octanol–water partition coefficient (Wildman–Crippen LogP) is 4.13. The molecule has 0 amide bonds. The van der Waals surface area contributed by atoms with Crippen molar-refractivity contribution in [3.8, 4) is 0 Å². The maximum Gasteiger partial charge on any atom is 0.131 e. The van der Waals surface area contributed by atoms with Crippen molar-refractivity contribution in [1.29, 1.82) is 0 Å². The Balaban J connectivity index is 1.62. The number of nitrogens with zero attached hydrogens (tertiary/aromatic N) is 2. The van der Waals surface area contributed by atoms with Crippen molar-refractivity contribution < 1.29 is 0 Å². The third-order valence-corrected chi connectivity index (χ3v) is 5.51. The third kappa shape index (κ3) is 3.74. The van der Waals surface area contributed by atoms with Crippen molar-refractivity contribution in [3.63, 3.8) is 0 Å². The van der Waals surface area contributed by atoms with Crippen LogP contribution in [0.5, 0.6) is 0 Å². The van der Waals surface area contributed by atoms with Crippen LogP contribution in [0.25, 0.3) is 0 Å². The summed E-state index contributed by atoms with van der Waals surface area (Å²) in [5, 5.41) is 5.89. The van der Waals surface area contributed by atoms with Gasteiger partial charge in [0.2, 0.25) is 0 Å². The first-order chi connectivity index (χ1) is 10.3. The SMILES string of the molecule is Cn1ccnc1C(NCCC1CCCCC1)c1cccs1. The summed E-state index contributed by atoms with van der Waals surface area (Å²) < 4.78 is 2.12. The van der Waals surface area contributed by atoms with Crippen LogP contribution < -0.4 is 5.32 Å². The number of nitrogens with one attached hydrogen (secondary N) is 1. The molecule has 21 heavy (non-hydrogen) atoms. The van der Waals surface area contributed by atoms with Crippen LogP contribution in [-0.2, 0) is 7.05 Å². The highest BCUT2D eigenvalue weighted by molar-refractivity contribution is 7.10. The average molecular weight is 303 g/mol. The first-order valence-electron chi connectivity index (χ1n) is 8.08. The number of thiophene rings is 1. The van der Waals surface area contributed by atoms with Gasteiger partial charge in [0, 0.05) is 24.3 Å². The number of hydrogen-bond acceptors (Lipinski definition) is 3. The van der Waals surface area contributed by atoms with Crippen LogP contribution in [0.15, 0.2) is 29.9 Å². The van der Waals surface area contributed by atoms with Crippen molar-refractivity contribution in [2.24, 2.45) is 13.0 Å². The fourth-order valence-electron chi connectivity index (χ4n) is 3.34. The Labute approximate surface area is 131 Å². The molecule has 2 aromatic heterocycles. The van der Waals surface area contributed by atoms with Gasteiger partial charge in [0.15, 0.2) is 0 Å². The van der Waals surface area contributed by atoms with E-state index in [-0.39, 0.29) is 6.04 Å². The molecule has 0 aliphatic heterocycles. The molecule has 0 bridgehead atoms. The number of aryl methyl sites for hydroxylation is 1. The maximum atomic E-state index is 4.54. The number of aromatic nitrogens is 2. The first kappa shape index (κ1) is 14.8. The topological polar surface area (TPSA) is 29.9 Å². The molecule has 0 radical (unpaired) electrons. The van der Waals surface area contributed by atoms with E-state index in [1.165, 1.54) is 43.4 Å². The molecule has 3 rings (SSSR count). The molecule has 2 aromatic rings. The first-order valence-corrected chi connectivity index (χ1v) is 8.96. The largest absolute Gasteiger partial charge is 0.336 e. The van der Waals surface area contributed by atoms with Crippen molar-refractivity contribution in [2.75, 3.05) is 6.54 Å². The molecule has 0 spiro atoms. The monoisotopic (exact) mass is 303 g/mol. The quantitative estimate of drug-likeness (QED) is 0.869. The minimum Gasteiger partial charge on any atom is -0.336 e. The van der Waals surface area contributed by atoms with E-state index >= 15 is 0 Å². The zero-order valence-corrected chi connectivity index (χ0v) is 13.6. The van der Waals surface area contributed by atoms with Gasteiger partial charge in [0.05, 0.1) is 0 Å². The summed E-state index contributed by atoms with van der Waals surface area (Å²) in [4.78, 5) is 5.90. The van der Waals surface area contributed by atoms with E-state index in [2.05, 4.69) is 39.4 Å². The number of rotatable bonds is 6. The Morgan fingerprint density at radius 3 is 2.90 bits per heavy atom. The predicted molar refractivity (Wildman–Crippen MR) is 88.6 cm³/mol. The highest BCUT2D eigenvalue weighted by Gasteiger charge is 2.20. The Hall–Kier alpha value is -1.13. The van der Waals surface area contributed by atoms with Crippen molar-refractivity contribution in [2.45, 2.75) is 44.6 Å². The summed E-state index contributed by atoms with van der Waals surface area (Å²) in [7, 11) is 2.08. The fourth-order valence-corrected chi connectivity index (χ4v) is 4.13. The summed E-state index contributed by atoms with van der Waals surface area (Å²) in [6, 6.07) is 4.56. The van der Waals surface area contributed by atoms with Crippen LogP contribution in [0.4, 0.5) is 0 Å². The number of hydrogen-bond donors (Lipinski definition) is 1. The lowest BCUT2D eigenvalue weighted by molar-refractivity contribution is 0.330. The highest BCUT2D eigenvalue weighted by Crippen LogP contribution is 2.28. The van der Waals surface area contributed by atoms with E-state index in [9.17, 15) is 0 Å². The van der Waals surface area contributed by atoms with E-state index in [1.54, 1.807) is 0 Å². The van der Waals surface area contributed by atoms with Gasteiger partial charge in [-0.1, -0.05) is 38.2 Å². The zero-order valence-electron chi connectivity index (χ0n) is 12.8. The zero-order chi connectivity index (χ0) is 14.5. The van der Waals surface area contributed by atoms with Crippen molar-refractivity contribution in [1.82, 2.24) is 14.9 Å². The molecule has 1 atom stereocenters. The van der Waals surface area contributed by atoms with Crippen molar-refractivity contribution in [3.05, 3.63) is 40.6 Å². The molecule has 4 heteroatoms. The fraction of sp³-hybridized carbons (Fsp3) is 0.588. The van der Waals surface area contributed by atoms with Crippen LogP contribution in [0.1, 0.15) is 55.3 Å². The summed E-state index contributed by atoms with van der Waals surface area (Å²) >= 11 is 1.81. The van der Waals surface area contributed by atoms with Crippen LogP contribution >= 0.6 is 11.3 Å². The van der Waals surface area contributed by atoms with Crippen LogP contribution in [0.2, 0.25) is 0 Å². The van der Waals surface area contributed by atoms with Gasteiger partial charge in [-0.2, -0.15) is 0 Å². The molecule has 1 fully saturated rings. The molecule has 0 saturated heterocycles. The lowest BCUT2D eigenvalue weighted by Gasteiger charge is -2.23. The second kappa shape index (κ2) is 7.23. The molecule has 1 unspecified atom stereocenters. The Kier molecular flexibility index (Phi) is 5.09. The van der Waals surface area contributed by atoms with Crippen LogP contribution in [0, 0.1) is 5.92 Å². The van der Waals surface area contributed by atoms with Crippen molar-refractivity contribution >= 4 is 11.3 Å². The minimum atomic E-state index is 0.230. The summed E-state index contributed by atoms with van der Waals surface area (Å²) in [5.74, 6) is 2.04. The summed E-state index contributed by atoms with van der Waals surface area (Å²) in [6.07, 6.45) is 12.4. The van der Waals surface area contributed by atoms with Gasteiger partial charge in [0.1, 0.15) is 11.9 Å². The van der Waals surface area contributed by atoms with Gasteiger partial charge in [-0.15, -0.1) is 11.3 Å². The third-order valence-electron chi connectivity index (χ3n) is 4.57. The van der Waals surface area contributed by atoms with E-state index in [4.69, 9.17) is 0 Å². The summed E-state index contributed by atoms with van der Waals surface area (Å²) in [6.45, 7) is 1.08. The normalized spacial score (nSPS) is 18.0. The average Bonchev–Trinajstić information content (AvgIpc) is 3.17. The van der Waals surface area contributed by atoms with Gasteiger partial charge >= 0.3 is 0 Å².